The van der Waals surface area contributed by atoms with Gasteiger partial charge < -0.3 is 10.4 Å². The number of aromatic carboxylic acids is 1. The molecule has 6 nitrogen and oxygen atoms in total. The summed E-state index contributed by atoms with van der Waals surface area (Å²) in [6.07, 6.45) is 0. The van der Waals surface area contributed by atoms with E-state index < -0.39 is 16.6 Å². The topological polar surface area (TPSA) is 92.5 Å². The lowest BCUT2D eigenvalue weighted by atomic mass is 10.1. The number of hydrogen-bond acceptors (Lipinski definition) is 5. The smallest absolute Gasteiger partial charge is 0.342 e. The Morgan fingerprint density at radius 1 is 1.38 bits per heavy atom. The number of thiophene rings is 1. The van der Waals surface area contributed by atoms with Crippen LogP contribution in [0.5, 0.6) is 0 Å². The molecule has 0 fully saturated rings. The van der Waals surface area contributed by atoms with Crippen molar-refractivity contribution < 1.29 is 14.8 Å². The Morgan fingerprint density at radius 2 is 2.10 bits per heavy atom. The summed E-state index contributed by atoms with van der Waals surface area (Å²) in [6, 6.07) is 8.02. The molecule has 0 saturated heterocycles. The van der Waals surface area contributed by atoms with Gasteiger partial charge in [-0.1, -0.05) is 0 Å². The number of anilines is 1. The van der Waals surface area contributed by atoms with E-state index in [-0.39, 0.29) is 11.6 Å². The molecule has 1 aromatic carbocycles. The van der Waals surface area contributed by atoms with Crippen LogP contribution in [-0.4, -0.2) is 16.0 Å². The number of hydrogen-bond donors (Lipinski definition) is 2. The maximum Gasteiger partial charge on any atom is 0.342 e. The molecular formula is C14H14N2O4S. The minimum absolute atomic E-state index is 0.0148. The van der Waals surface area contributed by atoms with Crippen molar-refractivity contribution in [3.63, 3.8) is 0 Å². The highest BCUT2D eigenvalue weighted by Gasteiger charge is 2.20. The normalized spacial score (nSPS) is 11.9. The molecule has 0 spiro atoms. The number of benzene rings is 1. The molecule has 21 heavy (non-hydrogen) atoms. The van der Waals surface area contributed by atoms with Crippen molar-refractivity contribution in [3.8, 4) is 0 Å². The van der Waals surface area contributed by atoms with Gasteiger partial charge >= 0.3 is 5.97 Å². The third-order valence-corrected chi connectivity index (χ3v) is 4.18. The van der Waals surface area contributed by atoms with Crippen molar-refractivity contribution in [2.24, 2.45) is 0 Å². The van der Waals surface area contributed by atoms with Crippen LogP contribution in [0.2, 0.25) is 0 Å². The molecule has 1 unspecified atom stereocenters. The summed E-state index contributed by atoms with van der Waals surface area (Å²) >= 11 is 1.64. The predicted octanol–water partition coefficient (Wildman–Crippen LogP) is 3.84. The Bertz CT molecular complexity index is 696. The largest absolute Gasteiger partial charge is 0.477 e. The minimum atomic E-state index is -1.31. The number of rotatable bonds is 5. The predicted molar refractivity (Wildman–Crippen MR) is 81.1 cm³/mol. The average Bonchev–Trinajstić information content (AvgIpc) is 2.85. The zero-order chi connectivity index (χ0) is 15.6. The highest BCUT2D eigenvalue weighted by Crippen LogP contribution is 2.28. The highest BCUT2D eigenvalue weighted by atomic mass is 32.1. The van der Waals surface area contributed by atoms with E-state index in [0.29, 0.717) is 5.69 Å². The zero-order valence-corrected chi connectivity index (χ0v) is 12.3. The van der Waals surface area contributed by atoms with Gasteiger partial charge in [0, 0.05) is 21.5 Å². The van der Waals surface area contributed by atoms with Crippen LogP contribution in [0.25, 0.3) is 0 Å². The van der Waals surface area contributed by atoms with Crippen LogP contribution < -0.4 is 5.32 Å². The average molecular weight is 306 g/mol. The van der Waals surface area contributed by atoms with Crippen molar-refractivity contribution in [1.82, 2.24) is 0 Å². The zero-order valence-electron chi connectivity index (χ0n) is 11.5. The number of carbonyl (C=O) groups is 1. The summed E-state index contributed by atoms with van der Waals surface area (Å²) in [5.41, 5.74) is -0.211. The maximum absolute atomic E-state index is 11.0. The summed E-state index contributed by atoms with van der Waals surface area (Å²) in [5, 5.41) is 23.0. The first-order valence-electron chi connectivity index (χ1n) is 6.23. The number of carboxylic acid groups (broad SMARTS) is 1. The van der Waals surface area contributed by atoms with Gasteiger partial charge in [0.25, 0.3) is 5.69 Å². The first-order chi connectivity index (χ1) is 9.88. The van der Waals surface area contributed by atoms with Crippen LogP contribution in [-0.2, 0) is 0 Å². The molecule has 0 aliphatic carbocycles. The van der Waals surface area contributed by atoms with E-state index in [1.807, 2.05) is 26.0 Å². The SMILES string of the molecule is Cc1ccc(C(C)Nc2ccc(C(=O)O)c([N+](=O)[O-])c2)s1. The summed E-state index contributed by atoms with van der Waals surface area (Å²) in [4.78, 5) is 23.5. The van der Waals surface area contributed by atoms with Crippen LogP contribution >= 0.6 is 11.3 Å². The molecule has 2 N–H and O–H groups in total. The quantitative estimate of drug-likeness (QED) is 0.646. The lowest BCUT2D eigenvalue weighted by Gasteiger charge is -2.14. The molecule has 2 rings (SSSR count). The molecule has 0 saturated carbocycles. The van der Waals surface area contributed by atoms with Crippen LogP contribution in [0.3, 0.4) is 0 Å². The van der Waals surface area contributed by atoms with Gasteiger partial charge in [0.15, 0.2) is 0 Å². The van der Waals surface area contributed by atoms with E-state index >= 15 is 0 Å². The Kier molecular flexibility index (Phi) is 4.23. The second kappa shape index (κ2) is 5.92. The van der Waals surface area contributed by atoms with Crippen LogP contribution in [0, 0.1) is 17.0 Å². The molecule has 0 aliphatic rings. The number of nitro groups is 1. The molecule has 1 heterocycles. The summed E-state index contributed by atoms with van der Waals surface area (Å²) in [7, 11) is 0. The van der Waals surface area contributed by atoms with Crippen molar-refractivity contribution in [1.29, 1.82) is 0 Å². The number of aryl methyl sites for hydroxylation is 1. The maximum atomic E-state index is 11.0. The molecule has 1 aromatic heterocycles. The van der Waals surface area contributed by atoms with E-state index in [1.165, 1.54) is 23.1 Å². The van der Waals surface area contributed by atoms with E-state index in [0.717, 1.165) is 4.88 Å². The van der Waals surface area contributed by atoms with Crippen molar-refractivity contribution in [3.05, 3.63) is 55.8 Å². The fourth-order valence-electron chi connectivity index (χ4n) is 1.96. The summed E-state index contributed by atoms with van der Waals surface area (Å²) in [6.45, 7) is 3.95. The minimum Gasteiger partial charge on any atom is -0.477 e. The monoisotopic (exact) mass is 306 g/mol. The van der Waals surface area contributed by atoms with Crippen LogP contribution in [0.4, 0.5) is 11.4 Å². The first kappa shape index (κ1) is 15.0. The third kappa shape index (κ3) is 3.38. The van der Waals surface area contributed by atoms with Gasteiger partial charge in [-0.05, 0) is 38.1 Å². The summed E-state index contributed by atoms with van der Waals surface area (Å²) < 4.78 is 0. The molecular weight excluding hydrogens is 292 g/mol. The van der Waals surface area contributed by atoms with Gasteiger partial charge in [-0.15, -0.1) is 11.3 Å². The van der Waals surface area contributed by atoms with Gasteiger partial charge in [-0.3, -0.25) is 10.1 Å². The van der Waals surface area contributed by atoms with Gasteiger partial charge in [-0.2, -0.15) is 0 Å². The van der Waals surface area contributed by atoms with Gasteiger partial charge in [0.1, 0.15) is 5.56 Å². The fourth-order valence-corrected chi connectivity index (χ4v) is 2.84. The van der Waals surface area contributed by atoms with E-state index in [4.69, 9.17) is 5.11 Å². The Balaban J connectivity index is 2.27. The van der Waals surface area contributed by atoms with Crippen molar-refractivity contribution in [2.45, 2.75) is 19.9 Å². The van der Waals surface area contributed by atoms with Crippen LogP contribution in [0.1, 0.15) is 33.1 Å². The Morgan fingerprint density at radius 3 is 2.62 bits per heavy atom. The van der Waals surface area contributed by atoms with Gasteiger partial charge in [-0.25, -0.2) is 4.79 Å². The molecule has 0 aliphatic heterocycles. The summed E-state index contributed by atoms with van der Waals surface area (Å²) in [5.74, 6) is -1.31. The van der Waals surface area contributed by atoms with Crippen molar-refractivity contribution >= 4 is 28.7 Å². The van der Waals surface area contributed by atoms with Gasteiger partial charge in [0.05, 0.1) is 11.0 Å². The number of nitro benzene ring substituents is 1. The Labute approximate surface area is 125 Å². The second-order valence-electron chi connectivity index (χ2n) is 4.61. The second-order valence-corrected chi connectivity index (χ2v) is 5.93. The standard InChI is InChI=1S/C14H14N2O4S/c1-8-3-6-13(21-8)9(2)15-10-4-5-11(14(17)18)12(7-10)16(19)20/h3-7,9,15H,1-2H3,(H,17,18). The Hall–Kier alpha value is -2.41. The van der Waals surface area contributed by atoms with Crippen LogP contribution in [0.15, 0.2) is 30.3 Å². The number of nitrogens with zero attached hydrogens (tertiary/aromatic N) is 1. The lowest BCUT2D eigenvalue weighted by molar-refractivity contribution is -0.385. The molecule has 7 heteroatoms. The molecule has 1 atom stereocenters. The highest BCUT2D eigenvalue weighted by molar-refractivity contribution is 7.12. The first-order valence-corrected chi connectivity index (χ1v) is 7.04. The van der Waals surface area contributed by atoms with E-state index in [9.17, 15) is 14.9 Å². The fraction of sp³-hybridized carbons (Fsp3) is 0.214. The number of nitrogens with one attached hydrogen (secondary N) is 1. The molecule has 0 radical (unpaired) electrons. The van der Waals surface area contributed by atoms with Crippen molar-refractivity contribution in [2.75, 3.05) is 5.32 Å². The molecule has 110 valence electrons. The molecule has 2 aromatic rings. The van der Waals surface area contributed by atoms with Gasteiger partial charge in [0.2, 0.25) is 0 Å². The third-order valence-electron chi connectivity index (χ3n) is 3.00. The molecule has 0 bridgehead atoms. The van der Waals surface area contributed by atoms with E-state index in [1.54, 1.807) is 11.3 Å². The number of carboxylic acids is 1. The van der Waals surface area contributed by atoms with E-state index in [2.05, 4.69) is 5.32 Å². The molecule has 0 amide bonds. The lowest BCUT2D eigenvalue weighted by Crippen LogP contribution is -2.07.